The van der Waals surface area contributed by atoms with Crippen LogP contribution in [0, 0.1) is 10.1 Å². The molecule has 0 aliphatic carbocycles. The van der Waals surface area contributed by atoms with Crippen LogP contribution in [0.1, 0.15) is 11.6 Å². The Kier molecular flexibility index (Phi) is 6.04. The van der Waals surface area contributed by atoms with Crippen LogP contribution in [-0.2, 0) is 0 Å². The fourth-order valence-corrected chi connectivity index (χ4v) is 3.23. The number of rotatable bonds is 7. The van der Waals surface area contributed by atoms with E-state index in [-0.39, 0.29) is 11.7 Å². The first kappa shape index (κ1) is 18.2. The zero-order valence-electron chi connectivity index (χ0n) is 14.8. The van der Waals surface area contributed by atoms with Crippen molar-refractivity contribution in [1.82, 2.24) is 10.2 Å². The summed E-state index contributed by atoms with van der Waals surface area (Å²) in [4.78, 5) is 12.8. The molecule has 1 heterocycles. The molecule has 0 radical (unpaired) electrons. The molecule has 1 atom stereocenters. The minimum absolute atomic E-state index is 0.0385. The highest BCUT2D eigenvalue weighted by Crippen LogP contribution is 2.30. The number of nitro benzene ring substituents is 1. The van der Waals surface area contributed by atoms with Crippen molar-refractivity contribution in [3.05, 3.63) is 64.2 Å². The summed E-state index contributed by atoms with van der Waals surface area (Å²) >= 11 is 0. The third-order valence-electron chi connectivity index (χ3n) is 4.53. The van der Waals surface area contributed by atoms with Gasteiger partial charge < -0.3 is 14.8 Å². The molecule has 1 aliphatic heterocycles. The maximum absolute atomic E-state index is 10.9. The molecule has 7 nitrogen and oxygen atoms in total. The first-order valence-electron chi connectivity index (χ1n) is 8.64. The van der Waals surface area contributed by atoms with Crippen LogP contribution < -0.4 is 14.8 Å². The Balaban J connectivity index is 1.64. The van der Waals surface area contributed by atoms with Gasteiger partial charge in [-0.2, -0.15) is 0 Å². The van der Waals surface area contributed by atoms with Gasteiger partial charge in [-0.3, -0.25) is 15.0 Å². The highest BCUT2D eigenvalue weighted by atomic mass is 16.6. The van der Waals surface area contributed by atoms with E-state index in [9.17, 15) is 10.1 Å². The maximum atomic E-state index is 10.9. The van der Waals surface area contributed by atoms with Crippen LogP contribution in [-0.4, -0.2) is 49.7 Å². The van der Waals surface area contributed by atoms with E-state index in [4.69, 9.17) is 9.47 Å². The lowest BCUT2D eigenvalue weighted by Crippen LogP contribution is -2.47. The van der Waals surface area contributed by atoms with E-state index in [1.807, 2.05) is 18.2 Å². The minimum Gasteiger partial charge on any atom is -0.496 e. The quantitative estimate of drug-likeness (QED) is 0.606. The molecule has 7 heteroatoms. The highest BCUT2D eigenvalue weighted by Gasteiger charge is 2.25. The van der Waals surface area contributed by atoms with Crippen molar-refractivity contribution in [2.24, 2.45) is 0 Å². The van der Waals surface area contributed by atoms with Gasteiger partial charge in [-0.25, -0.2) is 0 Å². The van der Waals surface area contributed by atoms with Crippen LogP contribution in [0.4, 0.5) is 5.69 Å². The number of piperazine rings is 1. The first-order valence-corrected chi connectivity index (χ1v) is 8.64. The molecular weight excluding hydrogens is 334 g/mol. The van der Waals surface area contributed by atoms with Crippen molar-refractivity contribution in [1.29, 1.82) is 0 Å². The molecule has 0 amide bonds. The Bertz CT molecular complexity index is 753. The van der Waals surface area contributed by atoms with E-state index in [2.05, 4.69) is 16.3 Å². The Labute approximate surface area is 152 Å². The number of hydrogen-bond acceptors (Lipinski definition) is 6. The van der Waals surface area contributed by atoms with Crippen molar-refractivity contribution in [2.45, 2.75) is 6.04 Å². The highest BCUT2D eigenvalue weighted by molar-refractivity contribution is 5.38. The number of benzene rings is 2. The van der Waals surface area contributed by atoms with Crippen molar-refractivity contribution >= 4 is 5.69 Å². The summed E-state index contributed by atoms with van der Waals surface area (Å²) in [7, 11) is 1.69. The summed E-state index contributed by atoms with van der Waals surface area (Å²) in [6.45, 7) is 3.86. The Morgan fingerprint density at radius 3 is 2.92 bits per heavy atom. The lowest BCUT2D eigenvalue weighted by molar-refractivity contribution is -0.384. The van der Waals surface area contributed by atoms with Crippen LogP contribution in [0.25, 0.3) is 0 Å². The second kappa shape index (κ2) is 8.64. The Morgan fingerprint density at radius 1 is 1.27 bits per heavy atom. The summed E-state index contributed by atoms with van der Waals surface area (Å²) in [5, 5.41) is 14.3. The topological polar surface area (TPSA) is 76.9 Å². The molecule has 1 fully saturated rings. The summed E-state index contributed by atoms with van der Waals surface area (Å²) < 4.78 is 11.2. The van der Waals surface area contributed by atoms with E-state index >= 15 is 0 Å². The Hall–Kier alpha value is -2.64. The average Bonchev–Trinajstić information content (AvgIpc) is 2.68. The fraction of sp³-hybridized carbons (Fsp3) is 0.368. The molecule has 1 saturated heterocycles. The van der Waals surface area contributed by atoms with E-state index in [1.165, 1.54) is 12.1 Å². The van der Waals surface area contributed by atoms with Gasteiger partial charge in [-0.05, 0) is 12.1 Å². The van der Waals surface area contributed by atoms with E-state index in [1.54, 1.807) is 19.2 Å². The number of non-ortho nitro benzene ring substituents is 1. The molecule has 1 aliphatic rings. The van der Waals surface area contributed by atoms with Crippen molar-refractivity contribution in [3.8, 4) is 11.5 Å². The summed E-state index contributed by atoms with van der Waals surface area (Å²) in [6, 6.07) is 14.5. The van der Waals surface area contributed by atoms with Crippen LogP contribution in [0.5, 0.6) is 11.5 Å². The first-order chi connectivity index (χ1) is 12.7. The molecule has 0 spiro atoms. The van der Waals surface area contributed by atoms with Gasteiger partial charge in [-0.1, -0.05) is 24.3 Å². The van der Waals surface area contributed by atoms with Gasteiger partial charge in [0.25, 0.3) is 5.69 Å². The molecule has 1 N–H and O–H groups in total. The number of para-hydroxylation sites is 1. The van der Waals surface area contributed by atoms with Crippen LogP contribution in [0.3, 0.4) is 0 Å². The van der Waals surface area contributed by atoms with Crippen LogP contribution >= 0.6 is 0 Å². The van der Waals surface area contributed by atoms with Crippen molar-refractivity contribution < 1.29 is 14.4 Å². The maximum Gasteiger partial charge on any atom is 0.273 e. The van der Waals surface area contributed by atoms with Crippen molar-refractivity contribution in [2.75, 3.05) is 39.9 Å². The molecule has 3 rings (SSSR count). The van der Waals surface area contributed by atoms with Gasteiger partial charge in [0, 0.05) is 37.8 Å². The largest absolute Gasteiger partial charge is 0.496 e. The van der Waals surface area contributed by atoms with Gasteiger partial charge in [0.2, 0.25) is 0 Å². The number of nitro groups is 1. The second-order valence-electron chi connectivity index (χ2n) is 6.10. The predicted octanol–water partition coefficient (Wildman–Crippen LogP) is 2.63. The monoisotopic (exact) mass is 357 g/mol. The average molecular weight is 357 g/mol. The Morgan fingerprint density at radius 2 is 2.12 bits per heavy atom. The standard InChI is InChI=1S/C19H23N3O4/c1-25-19-8-3-2-7-17(19)18-14-20-9-10-21(18)11-12-26-16-6-4-5-15(13-16)22(23)24/h2-8,13,18,20H,9-12,14H2,1H3. The smallest absolute Gasteiger partial charge is 0.273 e. The van der Waals surface area contributed by atoms with Crippen LogP contribution in [0.15, 0.2) is 48.5 Å². The second-order valence-corrected chi connectivity index (χ2v) is 6.10. The third kappa shape index (κ3) is 4.30. The minimum atomic E-state index is -0.416. The number of hydrogen-bond donors (Lipinski definition) is 1. The van der Waals surface area contributed by atoms with E-state index in [0.717, 1.165) is 37.5 Å². The lowest BCUT2D eigenvalue weighted by Gasteiger charge is -2.36. The van der Waals surface area contributed by atoms with E-state index < -0.39 is 4.92 Å². The summed E-state index contributed by atoms with van der Waals surface area (Å²) in [5.74, 6) is 1.40. The number of nitrogens with zero attached hydrogens (tertiary/aromatic N) is 2. The van der Waals surface area contributed by atoms with Crippen molar-refractivity contribution in [3.63, 3.8) is 0 Å². The lowest BCUT2D eigenvalue weighted by atomic mass is 10.0. The fourth-order valence-electron chi connectivity index (χ4n) is 3.23. The molecule has 0 aromatic heterocycles. The summed E-state index contributed by atoms with van der Waals surface area (Å²) in [6.07, 6.45) is 0. The third-order valence-corrected chi connectivity index (χ3v) is 4.53. The molecule has 26 heavy (non-hydrogen) atoms. The SMILES string of the molecule is COc1ccccc1C1CNCCN1CCOc1cccc([N+](=O)[O-])c1. The number of methoxy groups -OCH3 is 1. The summed E-state index contributed by atoms with van der Waals surface area (Å²) in [5.41, 5.74) is 1.19. The molecule has 138 valence electrons. The zero-order chi connectivity index (χ0) is 18.4. The number of ether oxygens (including phenoxy) is 2. The van der Waals surface area contributed by atoms with Gasteiger partial charge >= 0.3 is 0 Å². The molecule has 0 bridgehead atoms. The van der Waals surface area contributed by atoms with Gasteiger partial charge in [0.15, 0.2) is 0 Å². The molecule has 0 saturated carbocycles. The molecule has 2 aromatic rings. The predicted molar refractivity (Wildman–Crippen MR) is 98.8 cm³/mol. The van der Waals surface area contributed by atoms with E-state index in [0.29, 0.717) is 12.4 Å². The normalized spacial score (nSPS) is 17.7. The molecular formula is C19H23N3O4. The van der Waals surface area contributed by atoms with Gasteiger partial charge in [-0.15, -0.1) is 0 Å². The number of nitrogens with one attached hydrogen (secondary N) is 1. The zero-order valence-corrected chi connectivity index (χ0v) is 14.8. The van der Waals surface area contributed by atoms with Gasteiger partial charge in [0.1, 0.15) is 18.1 Å². The van der Waals surface area contributed by atoms with Crippen LogP contribution in [0.2, 0.25) is 0 Å². The molecule has 2 aromatic carbocycles. The van der Waals surface area contributed by atoms with Gasteiger partial charge in [0.05, 0.1) is 24.1 Å². The molecule has 1 unspecified atom stereocenters.